The molecule has 0 aromatic carbocycles. The van der Waals surface area contributed by atoms with E-state index in [-0.39, 0.29) is 11.9 Å². The number of esters is 1. The van der Waals surface area contributed by atoms with Gasteiger partial charge in [-0.1, -0.05) is 20.8 Å². The molecule has 4 nitrogen and oxygen atoms in total. The van der Waals surface area contributed by atoms with Crippen molar-refractivity contribution in [1.29, 1.82) is 0 Å². The zero-order valence-corrected chi connectivity index (χ0v) is 14.0. The average molecular weight is 289 g/mol. The number of rotatable bonds is 6. The summed E-state index contributed by atoms with van der Waals surface area (Å²) in [7, 11) is 1.75. The summed E-state index contributed by atoms with van der Waals surface area (Å²) in [6, 6.07) is 0.0989. The van der Waals surface area contributed by atoms with Gasteiger partial charge < -0.3 is 9.64 Å². The normalized spacial score (nSPS) is 14.7. The fourth-order valence-corrected chi connectivity index (χ4v) is 2.53. The number of carbonyl (C=O) groups is 2. The molecule has 0 heterocycles. The van der Waals surface area contributed by atoms with Gasteiger partial charge in [0.15, 0.2) is 0 Å². The van der Waals surface area contributed by atoms with Crippen LogP contribution < -0.4 is 0 Å². The number of thioether (sulfide) groups is 1. The minimum atomic E-state index is -0.748. The highest BCUT2D eigenvalue weighted by Crippen LogP contribution is 2.29. The van der Waals surface area contributed by atoms with Crippen molar-refractivity contribution in [3.05, 3.63) is 0 Å². The van der Waals surface area contributed by atoms with Crippen LogP contribution in [0.5, 0.6) is 0 Å². The van der Waals surface area contributed by atoms with E-state index in [9.17, 15) is 9.59 Å². The quantitative estimate of drug-likeness (QED) is 0.556. The molecule has 0 aromatic rings. The Morgan fingerprint density at radius 1 is 1.32 bits per heavy atom. The minimum Gasteiger partial charge on any atom is -0.465 e. The molecule has 0 aliphatic rings. The van der Waals surface area contributed by atoms with Crippen molar-refractivity contribution in [3.63, 3.8) is 0 Å². The van der Waals surface area contributed by atoms with Crippen LogP contribution in [-0.4, -0.2) is 48.5 Å². The van der Waals surface area contributed by atoms with E-state index in [1.165, 1.54) is 0 Å². The van der Waals surface area contributed by atoms with Gasteiger partial charge in [0.25, 0.3) is 0 Å². The summed E-state index contributed by atoms with van der Waals surface area (Å²) in [6.45, 7) is 9.70. The minimum absolute atomic E-state index is 0.0989. The molecule has 2 atom stereocenters. The molecule has 0 N–H and O–H groups in total. The van der Waals surface area contributed by atoms with E-state index < -0.39 is 17.3 Å². The Balaban J connectivity index is 5.07. The number of amides is 1. The van der Waals surface area contributed by atoms with Crippen molar-refractivity contribution >= 4 is 23.6 Å². The van der Waals surface area contributed by atoms with Crippen molar-refractivity contribution < 1.29 is 14.3 Å². The van der Waals surface area contributed by atoms with Crippen LogP contribution in [-0.2, 0) is 14.3 Å². The van der Waals surface area contributed by atoms with E-state index in [0.717, 1.165) is 5.75 Å². The summed E-state index contributed by atoms with van der Waals surface area (Å²) in [5, 5.41) is 0. The first-order valence-electron chi connectivity index (χ1n) is 6.59. The van der Waals surface area contributed by atoms with E-state index in [1.54, 1.807) is 30.6 Å². The molecule has 0 saturated carbocycles. The van der Waals surface area contributed by atoms with Crippen LogP contribution in [0.4, 0.5) is 0 Å². The Labute approximate surface area is 121 Å². The maximum Gasteiger partial charge on any atom is 0.319 e. The maximum atomic E-state index is 12.5. The van der Waals surface area contributed by atoms with Crippen molar-refractivity contribution in [2.24, 2.45) is 11.3 Å². The molecule has 0 rings (SSSR count). The zero-order valence-electron chi connectivity index (χ0n) is 13.1. The maximum absolute atomic E-state index is 12.5. The van der Waals surface area contributed by atoms with Gasteiger partial charge in [-0.2, -0.15) is 11.8 Å². The highest BCUT2D eigenvalue weighted by Gasteiger charge is 2.41. The van der Waals surface area contributed by atoms with Crippen LogP contribution in [0, 0.1) is 11.3 Å². The fourth-order valence-electron chi connectivity index (χ4n) is 1.82. The lowest BCUT2D eigenvalue weighted by atomic mass is 9.79. The largest absolute Gasteiger partial charge is 0.465 e. The average Bonchev–Trinajstić information content (AvgIpc) is 2.26. The molecule has 0 radical (unpaired) electrons. The van der Waals surface area contributed by atoms with Crippen LogP contribution in [0.1, 0.15) is 34.6 Å². The lowest BCUT2D eigenvalue weighted by molar-refractivity contribution is -0.160. The van der Waals surface area contributed by atoms with E-state index in [4.69, 9.17) is 4.74 Å². The summed E-state index contributed by atoms with van der Waals surface area (Å²) >= 11 is 1.68. The van der Waals surface area contributed by atoms with Gasteiger partial charge in [-0.25, -0.2) is 0 Å². The Morgan fingerprint density at radius 3 is 2.21 bits per heavy atom. The van der Waals surface area contributed by atoms with E-state index in [0.29, 0.717) is 6.61 Å². The smallest absolute Gasteiger partial charge is 0.319 e. The highest BCUT2D eigenvalue weighted by molar-refractivity contribution is 7.98. The Bertz CT molecular complexity index is 312. The Morgan fingerprint density at radius 2 is 1.84 bits per heavy atom. The second-order valence-electron chi connectivity index (χ2n) is 5.80. The van der Waals surface area contributed by atoms with Crippen LogP contribution in [0.25, 0.3) is 0 Å². The van der Waals surface area contributed by atoms with Gasteiger partial charge in [0, 0.05) is 18.8 Å². The van der Waals surface area contributed by atoms with Crippen molar-refractivity contribution in [1.82, 2.24) is 4.90 Å². The first kappa shape index (κ1) is 18.3. The molecular formula is C14H27NO3S. The molecule has 1 amide bonds. The molecule has 19 heavy (non-hydrogen) atoms. The zero-order chi connectivity index (χ0) is 15.2. The number of hydrogen-bond acceptors (Lipinski definition) is 4. The molecule has 0 aliphatic carbocycles. The van der Waals surface area contributed by atoms with Gasteiger partial charge in [0.1, 0.15) is 5.92 Å². The predicted molar refractivity (Wildman–Crippen MR) is 80.2 cm³/mol. The lowest BCUT2D eigenvalue weighted by Crippen LogP contribution is -2.47. The Kier molecular flexibility index (Phi) is 7.49. The third kappa shape index (κ3) is 5.43. The summed E-state index contributed by atoms with van der Waals surface area (Å²) in [5.74, 6) is -0.487. The van der Waals surface area contributed by atoms with Crippen molar-refractivity contribution in [2.45, 2.75) is 40.7 Å². The third-order valence-corrected chi connectivity index (χ3v) is 3.87. The lowest BCUT2D eigenvalue weighted by Gasteiger charge is -2.33. The SMILES string of the molecule is CCOC(=O)C(C(=O)N(C)C(C)CSC)C(C)(C)C. The first-order valence-corrected chi connectivity index (χ1v) is 7.98. The molecule has 0 aromatic heterocycles. The Hall–Kier alpha value is -0.710. The predicted octanol–water partition coefficient (Wildman–Crippen LogP) is 2.42. The van der Waals surface area contributed by atoms with Crippen LogP contribution in [0.15, 0.2) is 0 Å². The summed E-state index contributed by atoms with van der Waals surface area (Å²) in [5.41, 5.74) is -0.448. The van der Waals surface area contributed by atoms with Gasteiger partial charge in [0.2, 0.25) is 5.91 Å². The third-order valence-electron chi connectivity index (χ3n) is 3.05. The van der Waals surface area contributed by atoms with E-state index in [2.05, 4.69) is 0 Å². The van der Waals surface area contributed by atoms with Crippen LogP contribution in [0.3, 0.4) is 0 Å². The van der Waals surface area contributed by atoms with Gasteiger partial charge >= 0.3 is 5.97 Å². The monoisotopic (exact) mass is 289 g/mol. The molecule has 5 heteroatoms. The number of hydrogen-bond donors (Lipinski definition) is 0. The van der Waals surface area contributed by atoms with E-state index >= 15 is 0 Å². The fraction of sp³-hybridized carbons (Fsp3) is 0.857. The van der Waals surface area contributed by atoms with Gasteiger partial charge in [-0.3, -0.25) is 9.59 Å². The topological polar surface area (TPSA) is 46.6 Å². The van der Waals surface area contributed by atoms with Crippen molar-refractivity contribution in [2.75, 3.05) is 25.7 Å². The number of nitrogens with zero attached hydrogens (tertiary/aromatic N) is 1. The second kappa shape index (κ2) is 7.78. The van der Waals surface area contributed by atoms with Crippen LogP contribution >= 0.6 is 11.8 Å². The first-order chi connectivity index (χ1) is 8.66. The molecule has 112 valence electrons. The second-order valence-corrected chi connectivity index (χ2v) is 6.72. The summed E-state index contributed by atoms with van der Waals surface area (Å²) < 4.78 is 5.05. The number of carbonyl (C=O) groups excluding carboxylic acids is 2. The molecule has 0 fully saturated rings. The summed E-state index contributed by atoms with van der Waals surface area (Å²) in [6.07, 6.45) is 2.00. The van der Waals surface area contributed by atoms with Gasteiger partial charge in [0.05, 0.1) is 6.61 Å². The highest BCUT2D eigenvalue weighted by atomic mass is 32.2. The van der Waals surface area contributed by atoms with Gasteiger partial charge in [-0.05, 0) is 25.5 Å². The molecule has 0 bridgehead atoms. The molecular weight excluding hydrogens is 262 g/mol. The van der Waals surface area contributed by atoms with Crippen molar-refractivity contribution in [3.8, 4) is 0 Å². The van der Waals surface area contributed by atoms with Crippen LogP contribution in [0.2, 0.25) is 0 Å². The van der Waals surface area contributed by atoms with E-state index in [1.807, 2.05) is 34.0 Å². The summed E-state index contributed by atoms with van der Waals surface area (Å²) in [4.78, 5) is 26.2. The molecule has 2 unspecified atom stereocenters. The van der Waals surface area contributed by atoms with Gasteiger partial charge in [-0.15, -0.1) is 0 Å². The standard InChI is InChI=1S/C14H27NO3S/c1-8-18-13(17)11(14(3,4)5)12(16)15(6)10(2)9-19-7/h10-11H,8-9H2,1-7H3. The number of ether oxygens (including phenoxy) is 1. The molecule has 0 aliphatic heterocycles. The molecule has 0 spiro atoms. The molecule has 0 saturated heterocycles.